The zero-order valence-corrected chi connectivity index (χ0v) is 35.4. The first kappa shape index (κ1) is 53.4. The van der Waals surface area contributed by atoms with Gasteiger partial charge in [-0.05, 0) is 89.9 Å². The van der Waals surface area contributed by atoms with Crippen LogP contribution in [0.2, 0.25) is 0 Å². The van der Waals surface area contributed by atoms with Crippen molar-refractivity contribution >= 4 is 19.8 Å². The average Bonchev–Trinajstić information content (AvgIpc) is 3.20. The summed E-state index contributed by atoms with van der Waals surface area (Å²) in [5, 5.41) is 18.3. The number of hydrogen-bond acceptors (Lipinski definition) is 9. The molecule has 0 aliphatic carbocycles. The van der Waals surface area contributed by atoms with E-state index in [4.69, 9.17) is 19.1 Å². The van der Waals surface area contributed by atoms with Crippen LogP contribution in [0.5, 0.6) is 0 Å². The quantitative estimate of drug-likeness (QED) is 0.0241. The molecule has 320 valence electrons. The Hall–Kier alpha value is -3.63. The van der Waals surface area contributed by atoms with Gasteiger partial charge in [-0.15, -0.1) is 0 Å². The Bertz CT molecular complexity index is 1350. The Kier molecular flexibility index (Phi) is 38.0. The topological polar surface area (TPSA) is 149 Å². The maximum absolute atomic E-state index is 12.6. The van der Waals surface area contributed by atoms with Crippen LogP contribution in [0.15, 0.2) is 122 Å². The second-order valence-corrected chi connectivity index (χ2v) is 14.3. The predicted octanol–water partition coefficient (Wildman–Crippen LogP) is 10.8. The fourth-order valence-corrected chi connectivity index (χ4v) is 5.33. The van der Waals surface area contributed by atoms with Crippen LogP contribution in [0.4, 0.5) is 0 Å². The Labute approximate surface area is 343 Å². The average molecular weight is 815 g/mol. The van der Waals surface area contributed by atoms with Crippen LogP contribution >= 0.6 is 7.82 Å². The number of carbonyl (C=O) groups is 2. The summed E-state index contributed by atoms with van der Waals surface area (Å²) in [6.07, 6.45) is 51.9. The number of phosphoric acid groups is 1. The first-order valence-electron chi connectivity index (χ1n) is 20.5. The van der Waals surface area contributed by atoms with Gasteiger partial charge in [-0.1, -0.05) is 135 Å². The number of phosphoric ester groups is 1. The molecule has 0 aliphatic heterocycles. The van der Waals surface area contributed by atoms with Crippen molar-refractivity contribution in [2.75, 3.05) is 26.4 Å². The van der Waals surface area contributed by atoms with E-state index in [2.05, 4.69) is 122 Å². The number of rotatable bonds is 36. The number of allylic oxidation sites excluding steroid dienone is 20. The highest BCUT2D eigenvalue weighted by atomic mass is 31.2. The highest BCUT2D eigenvalue weighted by molar-refractivity contribution is 7.47. The van der Waals surface area contributed by atoms with E-state index < -0.39 is 51.8 Å². The highest BCUT2D eigenvalue weighted by Crippen LogP contribution is 2.43. The molecule has 0 heterocycles. The summed E-state index contributed by atoms with van der Waals surface area (Å²) in [6, 6.07) is 0. The molecule has 0 saturated carbocycles. The summed E-state index contributed by atoms with van der Waals surface area (Å²) in [6.45, 7) is 1.97. The van der Waals surface area contributed by atoms with Gasteiger partial charge in [0.2, 0.25) is 0 Å². The van der Waals surface area contributed by atoms with Crippen molar-refractivity contribution in [2.24, 2.45) is 0 Å². The number of hydrogen-bond donors (Lipinski definition) is 3. The van der Waals surface area contributed by atoms with Crippen LogP contribution in [0.1, 0.15) is 117 Å². The molecule has 0 radical (unpaired) electrons. The smallest absolute Gasteiger partial charge is 0.462 e. The lowest BCUT2D eigenvalue weighted by atomic mass is 10.2. The Morgan fingerprint density at radius 2 is 0.930 bits per heavy atom. The van der Waals surface area contributed by atoms with Gasteiger partial charge in [-0.25, -0.2) is 4.57 Å². The molecule has 0 rings (SSSR count). The van der Waals surface area contributed by atoms with Crippen LogP contribution in [-0.4, -0.2) is 65.7 Å². The van der Waals surface area contributed by atoms with Gasteiger partial charge in [0, 0.05) is 12.8 Å². The Balaban J connectivity index is 4.56. The number of aliphatic hydroxyl groups is 2. The van der Waals surface area contributed by atoms with Gasteiger partial charge in [-0.3, -0.25) is 18.6 Å². The summed E-state index contributed by atoms with van der Waals surface area (Å²) >= 11 is 0. The van der Waals surface area contributed by atoms with Crippen LogP contribution < -0.4 is 0 Å². The zero-order valence-electron chi connectivity index (χ0n) is 34.5. The minimum absolute atomic E-state index is 0.0416. The SMILES string of the molecule is CC/C=C\C/C=C\C/C=C\C/C=C\C/C=C\C/C=C\CCC(=O)OC(COC(=O)CCCC/C=C\C/C=C\C/C=C\C/C=C\CC)COP(=O)(O)OCC(O)CO. The van der Waals surface area contributed by atoms with Gasteiger partial charge in [-0.2, -0.15) is 0 Å². The molecule has 0 aromatic rings. The van der Waals surface area contributed by atoms with Gasteiger partial charge in [0.15, 0.2) is 6.10 Å². The van der Waals surface area contributed by atoms with Gasteiger partial charge in [0.05, 0.1) is 19.8 Å². The van der Waals surface area contributed by atoms with Gasteiger partial charge < -0.3 is 24.6 Å². The Morgan fingerprint density at radius 3 is 1.37 bits per heavy atom. The summed E-state index contributed by atoms with van der Waals surface area (Å²) in [5.41, 5.74) is 0. The summed E-state index contributed by atoms with van der Waals surface area (Å²) in [4.78, 5) is 34.9. The summed E-state index contributed by atoms with van der Waals surface area (Å²) in [5.74, 6) is -1.09. The van der Waals surface area contributed by atoms with Crippen LogP contribution in [0.25, 0.3) is 0 Å². The van der Waals surface area contributed by atoms with Gasteiger partial charge >= 0.3 is 19.8 Å². The summed E-state index contributed by atoms with van der Waals surface area (Å²) in [7, 11) is -4.66. The molecule has 0 spiro atoms. The van der Waals surface area contributed by atoms with Crippen molar-refractivity contribution in [3.8, 4) is 0 Å². The second-order valence-electron chi connectivity index (χ2n) is 12.9. The third-order valence-corrected chi connectivity index (χ3v) is 8.58. The highest BCUT2D eigenvalue weighted by Gasteiger charge is 2.27. The number of carbonyl (C=O) groups excluding carboxylic acids is 2. The van der Waals surface area contributed by atoms with E-state index in [9.17, 15) is 24.2 Å². The van der Waals surface area contributed by atoms with Gasteiger partial charge in [0.1, 0.15) is 12.7 Å². The minimum atomic E-state index is -4.66. The molecular formula is C46H71O10P. The molecule has 10 nitrogen and oxygen atoms in total. The molecule has 3 atom stereocenters. The van der Waals surface area contributed by atoms with E-state index in [1.54, 1.807) is 0 Å². The third-order valence-electron chi connectivity index (χ3n) is 7.62. The standard InChI is InChI=1S/C46H71O10P/c1-3-5-7-9-11-13-15-17-19-20-21-22-24-26-28-30-32-34-36-38-46(50)56-44(42-55-57(51,52)54-40-43(48)39-47)41-53-45(49)37-35-33-31-29-27-25-23-18-16-14-12-10-8-6-4-2/h5-8,11-14,17-19,21-23,26-29,32,34,43-44,47-48H,3-4,9-10,15-16,20,24-25,30-31,33,35-42H2,1-2H3,(H,51,52)/b7-5-,8-6-,13-11-,14-12-,19-17-,22-21-,23-18-,28-26-,29-27-,34-32-. The van der Waals surface area contributed by atoms with E-state index in [1.807, 2.05) is 18.2 Å². The van der Waals surface area contributed by atoms with Crippen molar-refractivity contribution < 1.29 is 47.8 Å². The molecular weight excluding hydrogens is 743 g/mol. The fourth-order valence-electron chi connectivity index (χ4n) is 4.54. The zero-order chi connectivity index (χ0) is 41.9. The molecule has 0 aromatic heterocycles. The lowest BCUT2D eigenvalue weighted by molar-refractivity contribution is -0.161. The molecule has 0 fully saturated rings. The first-order chi connectivity index (χ1) is 27.7. The van der Waals surface area contributed by atoms with Crippen LogP contribution in [0.3, 0.4) is 0 Å². The monoisotopic (exact) mass is 814 g/mol. The largest absolute Gasteiger partial charge is 0.472 e. The van der Waals surface area contributed by atoms with Crippen LogP contribution in [-0.2, 0) is 32.7 Å². The van der Waals surface area contributed by atoms with Crippen LogP contribution in [0, 0.1) is 0 Å². The molecule has 11 heteroatoms. The lowest BCUT2D eigenvalue weighted by Crippen LogP contribution is -2.29. The van der Waals surface area contributed by atoms with Crippen molar-refractivity contribution in [3.05, 3.63) is 122 Å². The molecule has 0 aliphatic rings. The summed E-state index contributed by atoms with van der Waals surface area (Å²) < 4.78 is 32.5. The van der Waals surface area contributed by atoms with E-state index >= 15 is 0 Å². The first-order valence-corrected chi connectivity index (χ1v) is 22.0. The van der Waals surface area contributed by atoms with Crippen molar-refractivity contribution in [1.29, 1.82) is 0 Å². The molecule has 57 heavy (non-hydrogen) atoms. The molecule has 3 N–H and O–H groups in total. The molecule has 0 bridgehead atoms. The molecule has 0 aromatic carbocycles. The maximum Gasteiger partial charge on any atom is 0.472 e. The van der Waals surface area contributed by atoms with Crippen molar-refractivity contribution in [3.63, 3.8) is 0 Å². The number of ether oxygens (including phenoxy) is 2. The predicted molar refractivity (Wildman–Crippen MR) is 232 cm³/mol. The molecule has 0 saturated heterocycles. The lowest BCUT2D eigenvalue weighted by Gasteiger charge is -2.20. The minimum Gasteiger partial charge on any atom is -0.462 e. The number of aliphatic hydroxyl groups excluding tert-OH is 2. The second kappa shape index (κ2) is 40.6. The Morgan fingerprint density at radius 1 is 0.526 bits per heavy atom. The third kappa shape index (κ3) is 40.4. The normalized spacial score (nSPS) is 15.1. The van der Waals surface area contributed by atoms with E-state index in [-0.39, 0.29) is 19.4 Å². The number of esters is 2. The molecule has 0 amide bonds. The maximum atomic E-state index is 12.6. The van der Waals surface area contributed by atoms with E-state index in [0.29, 0.717) is 12.8 Å². The molecule has 3 unspecified atom stereocenters. The van der Waals surface area contributed by atoms with Gasteiger partial charge in [0.25, 0.3) is 0 Å². The fraction of sp³-hybridized carbons (Fsp3) is 0.522. The van der Waals surface area contributed by atoms with Crippen molar-refractivity contribution in [1.82, 2.24) is 0 Å². The number of unbranched alkanes of at least 4 members (excludes halogenated alkanes) is 2. The van der Waals surface area contributed by atoms with E-state index in [0.717, 1.165) is 77.0 Å². The van der Waals surface area contributed by atoms with Crippen molar-refractivity contribution in [2.45, 2.75) is 129 Å². The van der Waals surface area contributed by atoms with E-state index in [1.165, 1.54) is 0 Å².